The van der Waals surface area contributed by atoms with E-state index in [0.717, 1.165) is 18.4 Å². The maximum Gasteiger partial charge on any atom is 0.118 e. The van der Waals surface area contributed by atoms with E-state index in [2.05, 4.69) is 6.92 Å². The zero-order valence-electron chi connectivity index (χ0n) is 7.19. The van der Waals surface area contributed by atoms with Crippen molar-refractivity contribution < 1.29 is 21.6 Å². The number of hydrogen-bond acceptors (Lipinski definition) is 1. The molecule has 12 heavy (non-hydrogen) atoms. The van der Waals surface area contributed by atoms with Crippen LogP contribution in [0, 0.1) is 0 Å². The van der Waals surface area contributed by atoms with Crippen LogP contribution in [0.5, 0.6) is 5.75 Å². The molecule has 1 aromatic carbocycles. The Morgan fingerprint density at radius 3 is 2.50 bits per heavy atom. The van der Waals surface area contributed by atoms with E-state index in [4.69, 9.17) is 0 Å². The molecule has 0 heterocycles. The molecule has 0 aromatic heterocycles. The van der Waals surface area contributed by atoms with Crippen molar-refractivity contribution >= 4 is 0 Å². The topological polar surface area (TPSA) is 20.2 Å². The van der Waals surface area contributed by atoms with E-state index in [-0.39, 0.29) is 16.5 Å². The van der Waals surface area contributed by atoms with E-state index in [9.17, 15) is 5.11 Å². The third kappa shape index (κ3) is 3.27. The average molecular weight is 209 g/mol. The van der Waals surface area contributed by atoms with Gasteiger partial charge in [0.2, 0.25) is 0 Å². The number of para-hydroxylation sites is 1. The monoisotopic (exact) mass is 208 g/mol. The van der Waals surface area contributed by atoms with E-state index in [1.165, 1.54) is 6.42 Å². The van der Waals surface area contributed by atoms with E-state index >= 15 is 0 Å². The molecule has 0 aliphatic heterocycles. The van der Waals surface area contributed by atoms with Gasteiger partial charge in [0.05, 0.1) is 0 Å². The largest absolute Gasteiger partial charge is 0.508 e. The number of phenols is 1. The molecule has 0 saturated carbocycles. The van der Waals surface area contributed by atoms with Gasteiger partial charge < -0.3 is 5.11 Å². The molecule has 0 bridgehead atoms. The zero-order valence-corrected chi connectivity index (χ0v) is 8.18. The molecule has 0 atom stereocenters. The summed E-state index contributed by atoms with van der Waals surface area (Å²) in [6, 6.07) is 7.53. The normalized spacial score (nSPS) is 9.08. The molecule has 0 radical (unpaired) electrons. The van der Waals surface area contributed by atoms with Crippen molar-refractivity contribution in [3.63, 3.8) is 0 Å². The molecule has 0 amide bonds. The Kier molecular flexibility index (Phi) is 5.83. The summed E-state index contributed by atoms with van der Waals surface area (Å²) < 4.78 is 0. The van der Waals surface area contributed by atoms with Gasteiger partial charge in [0.25, 0.3) is 0 Å². The van der Waals surface area contributed by atoms with Crippen molar-refractivity contribution in [3.05, 3.63) is 29.8 Å². The SMILES string of the molecule is CCCCc1ccccc1O.[Ni]. The Hall–Kier alpha value is -0.486. The Bertz CT molecular complexity index is 223. The molecule has 0 fully saturated rings. The number of hydrogen-bond donors (Lipinski definition) is 1. The van der Waals surface area contributed by atoms with Crippen LogP contribution in [0.2, 0.25) is 0 Å². The molecule has 1 nitrogen and oxygen atoms in total. The average Bonchev–Trinajstić information content (AvgIpc) is 2.03. The summed E-state index contributed by atoms with van der Waals surface area (Å²) in [7, 11) is 0. The van der Waals surface area contributed by atoms with Gasteiger partial charge >= 0.3 is 0 Å². The van der Waals surface area contributed by atoms with Crippen molar-refractivity contribution in [1.29, 1.82) is 0 Å². The predicted molar refractivity (Wildman–Crippen MR) is 46.7 cm³/mol. The van der Waals surface area contributed by atoms with Crippen LogP contribution < -0.4 is 0 Å². The van der Waals surface area contributed by atoms with Crippen LogP contribution in [0.25, 0.3) is 0 Å². The van der Waals surface area contributed by atoms with Gasteiger partial charge in [-0.3, -0.25) is 0 Å². The molecular weight excluding hydrogens is 195 g/mol. The van der Waals surface area contributed by atoms with Gasteiger partial charge in [-0.1, -0.05) is 31.5 Å². The van der Waals surface area contributed by atoms with Crippen LogP contribution in [0.15, 0.2) is 24.3 Å². The first-order valence-corrected chi connectivity index (χ1v) is 4.11. The first-order valence-electron chi connectivity index (χ1n) is 4.11. The molecule has 1 N–H and O–H groups in total. The molecule has 0 aliphatic carbocycles. The molecule has 1 rings (SSSR count). The van der Waals surface area contributed by atoms with Crippen molar-refractivity contribution in [2.24, 2.45) is 0 Å². The number of phenolic OH excluding ortho intramolecular Hbond substituents is 1. The van der Waals surface area contributed by atoms with Crippen LogP contribution in [-0.2, 0) is 22.9 Å². The first kappa shape index (κ1) is 11.5. The molecule has 0 spiro atoms. The number of aromatic hydroxyl groups is 1. The fourth-order valence-electron chi connectivity index (χ4n) is 1.09. The summed E-state index contributed by atoms with van der Waals surface area (Å²) in [5.41, 5.74) is 1.06. The molecule has 0 unspecified atom stereocenters. The van der Waals surface area contributed by atoms with Gasteiger partial charge in [0.15, 0.2) is 0 Å². The van der Waals surface area contributed by atoms with Crippen molar-refractivity contribution in [2.45, 2.75) is 26.2 Å². The summed E-state index contributed by atoms with van der Waals surface area (Å²) in [6.07, 6.45) is 3.31. The van der Waals surface area contributed by atoms with Crippen molar-refractivity contribution in [2.75, 3.05) is 0 Å². The predicted octanol–water partition coefficient (Wildman–Crippen LogP) is 2.73. The van der Waals surface area contributed by atoms with Crippen LogP contribution in [0.4, 0.5) is 0 Å². The minimum absolute atomic E-state index is 0. The molecule has 1 aromatic rings. The molecule has 0 saturated heterocycles. The van der Waals surface area contributed by atoms with E-state index in [1.807, 2.05) is 18.2 Å². The Morgan fingerprint density at radius 2 is 1.92 bits per heavy atom. The summed E-state index contributed by atoms with van der Waals surface area (Å²) in [6.45, 7) is 2.15. The van der Waals surface area contributed by atoms with Gasteiger partial charge in [-0.2, -0.15) is 0 Å². The molecule has 70 valence electrons. The zero-order chi connectivity index (χ0) is 8.10. The minimum atomic E-state index is 0. The Balaban J connectivity index is 0.00000121. The second-order valence-electron chi connectivity index (χ2n) is 2.73. The van der Waals surface area contributed by atoms with Gasteiger partial charge in [-0.25, -0.2) is 0 Å². The quantitative estimate of drug-likeness (QED) is 0.758. The maximum absolute atomic E-state index is 9.34. The van der Waals surface area contributed by atoms with Crippen LogP contribution in [-0.4, -0.2) is 5.11 Å². The number of unbranched alkanes of at least 4 members (excludes halogenated alkanes) is 1. The summed E-state index contributed by atoms with van der Waals surface area (Å²) in [5, 5.41) is 9.34. The van der Waals surface area contributed by atoms with Gasteiger partial charge in [-0.05, 0) is 24.5 Å². The summed E-state index contributed by atoms with van der Waals surface area (Å²) in [4.78, 5) is 0. The smallest absolute Gasteiger partial charge is 0.118 e. The third-order valence-electron chi connectivity index (χ3n) is 1.79. The summed E-state index contributed by atoms with van der Waals surface area (Å²) in [5.74, 6) is 0.431. The Labute approximate surface area is 83.7 Å². The van der Waals surface area contributed by atoms with Crippen molar-refractivity contribution in [3.8, 4) is 5.75 Å². The number of benzene rings is 1. The van der Waals surface area contributed by atoms with Crippen molar-refractivity contribution in [1.82, 2.24) is 0 Å². The second kappa shape index (κ2) is 6.08. The number of rotatable bonds is 3. The van der Waals surface area contributed by atoms with E-state index in [0.29, 0.717) is 5.75 Å². The fourth-order valence-corrected chi connectivity index (χ4v) is 1.09. The van der Waals surface area contributed by atoms with E-state index in [1.54, 1.807) is 6.07 Å². The second-order valence-corrected chi connectivity index (χ2v) is 2.73. The van der Waals surface area contributed by atoms with Crippen LogP contribution >= 0.6 is 0 Å². The van der Waals surface area contributed by atoms with Crippen LogP contribution in [0.1, 0.15) is 25.3 Å². The standard InChI is InChI=1S/C10H14O.Ni/c1-2-3-6-9-7-4-5-8-10(9)11;/h4-5,7-8,11H,2-3,6H2,1H3;. The van der Waals surface area contributed by atoms with Gasteiger partial charge in [0.1, 0.15) is 5.75 Å². The molecule has 0 aliphatic rings. The van der Waals surface area contributed by atoms with Gasteiger partial charge in [0, 0.05) is 16.5 Å². The number of aryl methyl sites for hydroxylation is 1. The summed E-state index contributed by atoms with van der Waals surface area (Å²) >= 11 is 0. The third-order valence-corrected chi connectivity index (χ3v) is 1.79. The van der Waals surface area contributed by atoms with Crippen LogP contribution in [0.3, 0.4) is 0 Å². The molecule has 2 heteroatoms. The minimum Gasteiger partial charge on any atom is -0.508 e. The maximum atomic E-state index is 9.34. The first-order chi connectivity index (χ1) is 5.34. The molecular formula is C10H14NiO. The van der Waals surface area contributed by atoms with E-state index < -0.39 is 0 Å². The Morgan fingerprint density at radius 1 is 1.25 bits per heavy atom. The van der Waals surface area contributed by atoms with Gasteiger partial charge in [-0.15, -0.1) is 0 Å². The fraction of sp³-hybridized carbons (Fsp3) is 0.400.